The first-order valence-electron chi connectivity index (χ1n) is 12.3. The molecule has 0 radical (unpaired) electrons. The van der Waals surface area contributed by atoms with Crippen LogP contribution in [0, 0.1) is 0 Å². The number of urea groups is 1. The molecule has 3 fully saturated rings. The van der Waals surface area contributed by atoms with Crippen molar-refractivity contribution in [1.29, 1.82) is 0 Å². The number of morpholine rings is 1. The first-order valence-corrected chi connectivity index (χ1v) is 12.3. The second-order valence-corrected chi connectivity index (χ2v) is 9.49. The molecule has 1 aliphatic carbocycles. The average molecular weight is 480 g/mol. The van der Waals surface area contributed by atoms with Crippen molar-refractivity contribution in [2.75, 3.05) is 76.8 Å². The molecule has 3 amide bonds. The van der Waals surface area contributed by atoms with Crippen LogP contribution in [0.15, 0.2) is 30.3 Å². The van der Waals surface area contributed by atoms with E-state index in [0.29, 0.717) is 24.7 Å². The molecule has 0 unspecified atom stereocenters. The number of rotatable bonds is 5. The van der Waals surface area contributed by atoms with Crippen LogP contribution in [0.25, 0.3) is 11.4 Å². The van der Waals surface area contributed by atoms with Gasteiger partial charge < -0.3 is 30.1 Å². The van der Waals surface area contributed by atoms with Crippen LogP contribution in [0.1, 0.15) is 18.5 Å². The summed E-state index contributed by atoms with van der Waals surface area (Å²) in [6.45, 7) is 6.11. The van der Waals surface area contributed by atoms with Crippen molar-refractivity contribution in [3.8, 4) is 11.4 Å². The smallest absolute Gasteiger partial charge is 0.318 e. The molecule has 1 aromatic heterocycles. The molecule has 3 aliphatic rings. The maximum Gasteiger partial charge on any atom is 0.318 e. The Kier molecular flexibility index (Phi) is 6.57. The molecule has 0 spiro atoms. The molecule has 1 saturated carbocycles. The van der Waals surface area contributed by atoms with E-state index in [2.05, 4.69) is 27.5 Å². The van der Waals surface area contributed by atoms with Gasteiger partial charge in [-0.1, -0.05) is 0 Å². The van der Waals surface area contributed by atoms with Gasteiger partial charge in [-0.15, -0.1) is 0 Å². The molecule has 10 heteroatoms. The van der Waals surface area contributed by atoms with Gasteiger partial charge in [0.1, 0.15) is 5.82 Å². The number of piperazine rings is 1. The highest BCUT2D eigenvalue weighted by Gasteiger charge is 2.55. The zero-order chi connectivity index (χ0) is 24.4. The number of carbonyl (C=O) groups excluding carboxylic acids is 2. The van der Waals surface area contributed by atoms with Gasteiger partial charge in [-0.2, -0.15) is 0 Å². The van der Waals surface area contributed by atoms with Gasteiger partial charge in [0.05, 0.1) is 24.3 Å². The van der Waals surface area contributed by atoms with Gasteiger partial charge >= 0.3 is 6.03 Å². The van der Waals surface area contributed by atoms with Crippen molar-refractivity contribution in [3.63, 3.8) is 0 Å². The molecule has 2 aliphatic heterocycles. The van der Waals surface area contributed by atoms with Crippen LogP contribution in [0.2, 0.25) is 0 Å². The van der Waals surface area contributed by atoms with Gasteiger partial charge in [0.25, 0.3) is 0 Å². The summed E-state index contributed by atoms with van der Waals surface area (Å²) in [4.78, 5) is 41.6. The van der Waals surface area contributed by atoms with E-state index in [1.165, 1.54) is 0 Å². The number of hydrogen-bond donors (Lipinski definition) is 2. The number of likely N-dealkylation sites (N-methyl/N-ethyl adjacent to an activating group) is 1. The SMILES string of the molecule is CNC(=O)Nc1ccc(-c2nc(N3CCOCC3)cc(C3(C(=O)N4CCN(C)CC4)CC3)n2)cc1. The van der Waals surface area contributed by atoms with Gasteiger partial charge in [0.2, 0.25) is 5.91 Å². The number of ether oxygens (including phenoxy) is 1. The topological polar surface area (TPSA) is 103 Å². The first kappa shape index (κ1) is 23.5. The lowest BCUT2D eigenvalue weighted by molar-refractivity contribution is -0.135. The number of hydrogen-bond acceptors (Lipinski definition) is 7. The number of benzene rings is 1. The third kappa shape index (κ3) is 4.94. The van der Waals surface area contributed by atoms with Crippen LogP contribution in [-0.2, 0) is 14.9 Å². The highest BCUT2D eigenvalue weighted by atomic mass is 16.5. The number of anilines is 2. The lowest BCUT2D eigenvalue weighted by atomic mass is 9.98. The fraction of sp³-hybridized carbons (Fsp3) is 0.520. The van der Waals surface area contributed by atoms with Crippen LogP contribution in [0.5, 0.6) is 0 Å². The lowest BCUT2D eigenvalue weighted by Crippen LogP contribution is -2.50. The highest BCUT2D eigenvalue weighted by Crippen LogP contribution is 2.50. The lowest BCUT2D eigenvalue weighted by Gasteiger charge is -2.35. The molecule has 10 nitrogen and oxygen atoms in total. The van der Waals surface area contributed by atoms with Crippen LogP contribution in [0.4, 0.5) is 16.3 Å². The number of nitrogens with one attached hydrogen (secondary N) is 2. The largest absolute Gasteiger partial charge is 0.378 e. The minimum absolute atomic E-state index is 0.188. The Bertz CT molecular complexity index is 1070. The fourth-order valence-electron chi connectivity index (χ4n) is 4.68. The van der Waals surface area contributed by atoms with E-state index in [1.807, 2.05) is 35.2 Å². The molecule has 1 aromatic carbocycles. The average Bonchev–Trinajstić information content (AvgIpc) is 3.71. The van der Waals surface area contributed by atoms with Crippen LogP contribution < -0.4 is 15.5 Å². The Labute approximate surface area is 205 Å². The number of carbonyl (C=O) groups is 2. The molecule has 2 saturated heterocycles. The molecule has 0 bridgehead atoms. The normalized spacial score (nSPS) is 19.8. The quantitative estimate of drug-likeness (QED) is 0.671. The summed E-state index contributed by atoms with van der Waals surface area (Å²) in [5.41, 5.74) is 1.77. The molecule has 2 aromatic rings. The zero-order valence-corrected chi connectivity index (χ0v) is 20.4. The van der Waals surface area contributed by atoms with Crippen LogP contribution in [0.3, 0.4) is 0 Å². The van der Waals surface area contributed by atoms with E-state index in [-0.39, 0.29) is 11.9 Å². The van der Waals surface area contributed by atoms with E-state index >= 15 is 0 Å². The maximum atomic E-state index is 13.7. The minimum atomic E-state index is -0.560. The molecule has 3 heterocycles. The molecule has 35 heavy (non-hydrogen) atoms. The van der Waals surface area contributed by atoms with Gasteiger partial charge in [-0.05, 0) is 44.2 Å². The Morgan fingerprint density at radius 1 is 0.971 bits per heavy atom. The third-order valence-corrected chi connectivity index (χ3v) is 7.12. The number of amides is 3. The van der Waals surface area contributed by atoms with Crippen molar-refractivity contribution >= 4 is 23.4 Å². The third-order valence-electron chi connectivity index (χ3n) is 7.12. The second kappa shape index (κ2) is 9.79. The van der Waals surface area contributed by atoms with Gasteiger partial charge in [-0.3, -0.25) is 4.79 Å². The van der Waals surface area contributed by atoms with Crippen molar-refractivity contribution in [2.24, 2.45) is 0 Å². The van der Waals surface area contributed by atoms with Crippen molar-refractivity contribution in [2.45, 2.75) is 18.3 Å². The van der Waals surface area contributed by atoms with E-state index in [9.17, 15) is 9.59 Å². The van der Waals surface area contributed by atoms with Crippen molar-refractivity contribution in [1.82, 2.24) is 25.1 Å². The summed E-state index contributed by atoms with van der Waals surface area (Å²) < 4.78 is 5.54. The fourth-order valence-corrected chi connectivity index (χ4v) is 4.68. The van der Waals surface area contributed by atoms with Crippen LogP contribution >= 0.6 is 0 Å². The van der Waals surface area contributed by atoms with Crippen LogP contribution in [-0.4, -0.2) is 98.3 Å². The standard InChI is InChI=1S/C25H33N7O3/c1-26-24(34)27-19-5-3-18(4-6-19)22-28-20(17-21(29-22)31-13-15-35-16-14-31)25(7-8-25)23(33)32-11-9-30(2)10-12-32/h3-6,17H,7-16H2,1-2H3,(H2,26,27,34). The van der Waals surface area contributed by atoms with E-state index in [1.54, 1.807) is 7.05 Å². The Morgan fingerprint density at radius 2 is 1.66 bits per heavy atom. The Hall–Kier alpha value is -3.24. The van der Waals surface area contributed by atoms with E-state index in [4.69, 9.17) is 14.7 Å². The second-order valence-electron chi connectivity index (χ2n) is 9.49. The van der Waals surface area contributed by atoms with Crippen molar-refractivity contribution in [3.05, 3.63) is 36.0 Å². The van der Waals surface area contributed by atoms with Crippen molar-refractivity contribution < 1.29 is 14.3 Å². The Morgan fingerprint density at radius 3 is 2.29 bits per heavy atom. The predicted molar refractivity (Wildman–Crippen MR) is 134 cm³/mol. The molecule has 0 atom stereocenters. The highest BCUT2D eigenvalue weighted by molar-refractivity contribution is 5.91. The molecule has 2 N–H and O–H groups in total. The summed E-state index contributed by atoms with van der Waals surface area (Å²) in [5, 5.41) is 5.31. The predicted octanol–water partition coefficient (Wildman–Crippen LogP) is 1.54. The van der Waals surface area contributed by atoms with E-state index in [0.717, 1.165) is 69.2 Å². The van der Waals surface area contributed by atoms with Gasteiger partial charge in [-0.25, -0.2) is 14.8 Å². The zero-order valence-electron chi connectivity index (χ0n) is 20.4. The summed E-state index contributed by atoms with van der Waals surface area (Å²) in [7, 11) is 3.67. The van der Waals surface area contributed by atoms with Gasteiger partial charge in [0.15, 0.2) is 5.82 Å². The monoisotopic (exact) mass is 479 g/mol. The molecule has 5 rings (SSSR count). The first-order chi connectivity index (χ1) is 17.0. The minimum Gasteiger partial charge on any atom is -0.378 e. The summed E-state index contributed by atoms with van der Waals surface area (Å²) in [6, 6.07) is 9.19. The Balaban J connectivity index is 1.47. The number of aromatic nitrogens is 2. The summed E-state index contributed by atoms with van der Waals surface area (Å²) >= 11 is 0. The summed E-state index contributed by atoms with van der Waals surface area (Å²) in [5.74, 6) is 1.61. The number of nitrogens with zero attached hydrogens (tertiary/aromatic N) is 5. The van der Waals surface area contributed by atoms with E-state index < -0.39 is 5.41 Å². The summed E-state index contributed by atoms with van der Waals surface area (Å²) in [6.07, 6.45) is 1.62. The molecule has 186 valence electrons. The van der Waals surface area contributed by atoms with Gasteiger partial charge in [0, 0.05) is 63.6 Å². The molecular formula is C25H33N7O3. The molecular weight excluding hydrogens is 446 g/mol. The maximum absolute atomic E-state index is 13.7.